The van der Waals surface area contributed by atoms with Crippen LogP contribution in [-0.2, 0) is 4.79 Å². The molecule has 0 unspecified atom stereocenters. The number of aliphatic carboxylic acids is 1. The Balaban J connectivity index is 1.63. The number of benzene rings is 2. The molecule has 1 N–H and O–H groups in total. The first kappa shape index (κ1) is 20.9. The van der Waals surface area contributed by atoms with Gasteiger partial charge in [0.05, 0.1) is 7.11 Å². The molecule has 4 saturated carbocycles. The van der Waals surface area contributed by atoms with E-state index in [1.807, 2.05) is 24.3 Å². The number of ether oxygens (including phenoxy) is 1. The molecule has 4 bridgehead atoms. The van der Waals surface area contributed by atoms with E-state index in [-0.39, 0.29) is 5.56 Å². The summed E-state index contributed by atoms with van der Waals surface area (Å²) in [6.45, 7) is 0. The van der Waals surface area contributed by atoms with Gasteiger partial charge in [-0.05, 0) is 96.8 Å². The lowest BCUT2D eigenvalue weighted by molar-refractivity contribution is -0.134. The minimum absolute atomic E-state index is 0.0715. The topological polar surface area (TPSA) is 46.5 Å². The summed E-state index contributed by atoms with van der Waals surface area (Å²) in [7, 11) is 1.63. The van der Waals surface area contributed by atoms with E-state index in [1.54, 1.807) is 13.2 Å². The molecule has 0 aliphatic heterocycles. The van der Waals surface area contributed by atoms with E-state index in [0.29, 0.717) is 11.8 Å². The smallest absolute Gasteiger partial charge is 0.364 e. The zero-order chi connectivity index (χ0) is 22.4. The van der Waals surface area contributed by atoms with E-state index in [1.165, 1.54) is 49.8 Å². The maximum Gasteiger partial charge on any atom is 0.364 e. The highest BCUT2D eigenvalue weighted by molar-refractivity contribution is 5.90. The third kappa shape index (κ3) is 3.74. The van der Waals surface area contributed by atoms with Gasteiger partial charge in [-0.1, -0.05) is 29.8 Å². The molecule has 4 fully saturated rings. The molecule has 32 heavy (non-hydrogen) atoms. The predicted octanol–water partition coefficient (Wildman–Crippen LogP) is 6.49. The van der Waals surface area contributed by atoms with Crippen molar-refractivity contribution in [2.45, 2.75) is 32.1 Å². The molecule has 5 heteroatoms. The van der Waals surface area contributed by atoms with Crippen LogP contribution < -0.4 is 4.74 Å². The van der Waals surface area contributed by atoms with Gasteiger partial charge in [0, 0.05) is 5.56 Å². The fourth-order valence-electron chi connectivity index (χ4n) is 6.36. The standard InChI is InChI=1S/C27H26F2O3/c1-32-22-6-4-17(5-7-22)25(26-20-9-15-8-16(11-20)12-21(26)10-15)19-3-2-18(23(28)14-19)13-24(29)27(30)31/h2-7,13-16,20-21H,8-12H2,1H3,(H,30,31)/b24-13-,26-25?/t15-,16-,20?,21?. The quantitative estimate of drug-likeness (QED) is 0.545. The van der Waals surface area contributed by atoms with Crippen LogP contribution in [0, 0.1) is 29.5 Å². The lowest BCUT2D eigenvalue weighted by Crippen LogP contribution is -2.40. The van der Waals surface area contributed by atoms with Crippen LogP contribution in [0.1, 0.15) is 48.8 Å². The van der Waals surface area contributed by atoms with E-state index >= 15 is 0 Å². The van der Waals surface area contributed by atoms with Crippen LogP contribution in [0.2, 0.25) is 0 Å². The Morgan fingerprint density at radius 2 is 1.56 bits per heavy atom. The Morgan fingerprint density at radius 1 is 0.969 bits per heavy atom. The van der Waals surface area contributed by atoms with Crippen LogP contribution in [0.3, 0.4) is 0 Å². The second-order valence-corrected chi connectivity index (χ2v) is 9.40. The highest BCUT2D eigenvalue weighted by atomic mass is 19.1. The fourth-order valence-corrected chi connectivity index (χ4v) is 6.36. The molecule has 0 atom stereocenters. The zero-order valence-electron chi connectivity index (χ0n) is 18.0. The van der Waals surface area contributed by atoms with Crippen molar-refractivity contribution >= 4 is 17.6 Å². The minimum Gasteiger partial charge on any atom is -0.497 e. The summed E-state index contributed by atoms with van der Waals surface area (Å²) >= 11 is 0. The average molecular weight is 436 g/mol. The van der Waals surface area contributed by atoms with Gasteiger partial charge < -0.3 is 9.84 Å². The first-order valence-corrected chi connectivity index (χ1v) is 11.2. The monoisotopic (exact) mass is 436 g/mol. The summed E-state index contributed by atoms with van der Waals surface area (Å²) in [5, 5.41) is 8.77. The third-order valence-corrected chi connectivity index (χ3v) is 7.46. The number of carbonyl (C=O) groups is 1. The number of rotatable bonds is 5. The van der Waals surface area contributed by atoms with Crippen LogP contribution in [0.5, 0.6) is 5.75 Å². The lowest BCUT2D eigenvalue weighted by Gasteiger charge is -2.52. The van der Waals surface area contributed by atoms with E-state index in [9.17, 15) is 13.6 Å². The van der Waals surface area contributed by atoms with Crippen molar-refractivity contribution < 1.29 is 23.4 Å². The Bertz CT molecular complexity index is 1080. The Labute approximate surface area is 186 Å². The number of halogens is 2. The van der Waals surface area contributed by atoms with Gasteiger partial charge >= 0.3 is 5.97 Å². The van der Waals surface area contributed by atoms with Crippen molar-refractivity contribution in [2.24, 2.45) is 23.7 Å². The average Bonchev–Trinajstić information content (AvgIpc) is 2.77. The van der Waals surface area contributed by atoms with E-state index in [4.69, 9.17) is 9.84 Å². The molecule has 3 nitrogen and oxygen atoms in total. The SMILES string of the molecule is COc1ccc(C(=C2C3C[C@H]4CC2C[C@H](C3)C4)c2ccc(/C=C(\F)C(=O)O)c(F)c2)cc1. The van der Waals surface area contributed by atoms with Gasteiger partial charge in [-0.2, -0.15) is 4.39 Å². The molecule has 6 rings (SSSR count). The molecule has 2 aromatic rings. The summed E-state index contributed by atoms with van der Waals surface area (Å²) in [6, 6.07) is 12.5. The van der Waals surface area contributed by atoms with Crippen molar-refractivity contribution in [3.63, 3.8) is 0 Å². The van der Waals surface area contributed by atoms with Gasteiger partial charge in [-0.3, -0.25) is 0 Å². The molecule has 4 aliphatic rings. The van der Waals surface area contributed by atoms with E-state index < -0.39 is 17.6 Å². The normalized spacial score (nSPS) is 26.3. The van der Waals surface area contributed by atoms with Crippen LogP contribution in [0.15, 0.2) is 53.9 Å². The maximum absolute atomic E-state index is 14.9. The largest absolute Gasteiger partial charge is 0.497 e. The summed E-state index contributed by atoms with van der Waals surface area (Å²) in [4.78, 5) is 10.8. The molecular weight excluding hydrogens is 410 g/mol. The van der Waals surface area contributed by atoms with Crippen molar-refractivity contribution in [1.82, 2.24) is 0 Å². The Morgan fingerprint density at radius 3 is 2.09 bits per heavy atom. The summed E-state index contributed by atoms with van der Waals surface area (Å²) in [6.07, 6.45) is 6.89. The number of methoxy groups -OCH3 is 1. The second-order valence-electron chi connectivity index (χ2n) is 9.40. The molecule has 0 saturated heterocycles. The van der Waals surface area contributed by atoms with Crippen LogP contribution in [0.4, 0.5) is 8.78 Å². The van der Waals surface area contributed by atoms with Crippen molar-refractivity contribution in [3.8, 4) is 5.75 Å². The summed E-state index contributed by atoms with van der Waals surface area (Å²) < 4.78 is 33.8. The van der Waals surface area contributed by atoms with Gasteiger partial charge in [0.2, 0.25) is 5.83 Å². The molecular formula is C27H26F2O3. The number of hydrogen-bond acceptors (Lipinski definition) is 2. The molecule has 0 radical (unpaired) electrons. The number of hydrogen-bond donors (Lipinski definition) is 1. The molecule has 0 heterocycles. The van der Waals surface area contributed by atoms with Crippen molar-refractivity contribution in [1.29, 1.82) is 0 Å². The Kier molecular flexibility index (Phi) is 5.36. The maximum atomic E-state index is 14.9. The van der Waals surface area contributed by atoms with Crippen LogP contribution in [-0.4, -0.2) is 18.2 Å². The van der Waals surface area contributed by atoms with Crippen LogP contribution in [0.25, 0.3) is 11.6 Å². The fraction of sp³-hybridized carbons (Fsp3) is 0.370. The van der Waals surface area contributed by atoms with Gasteiger partial charge in [0.1, 0.15) is 11.6 Å². The highest BCUT2D eigenvalue weighted by Gasteiger charge is 2.46. The number of carboxylic acid groups (broad SMARTS) is 1. The van der Waals surface area contributed by atoms with Crippen molar-refractivity contribution in [2.75, 3.05) is 7.11 Å². The Hall–Kier alpha value is -2.95. The summed E-state index contributed by atoms with van der Waals surface area (Å²) in [5.41, 5.74) is 4.20. The van der Waals surface area contributed by atoms with Gasteiger partial charge in [-0.25, -0.2) is 9.18 Å². The van der Waals surface area contributed by atoms with Crippen LogP contribution >= 0.6 is 0 Å². The molecule has 0 spiro atoms. The van der Waals surface area contributed by atoms with Gasteiger partial charge in [0.15, 0.2) is 0 Å². The molecule has 2 aromatic carbocycles. The first-order chi connectivity index (χ1) is 15.4. The molecule has 0 aromatic heterocycles. The third-order valence-electron chi connectivity index (χ3n) is 7.46. The number of carboxylic acids is 1. The highest BCUT2D eigenvalue weighted by Crippen LogP contribution is 2.58. The zero-order valence-corrected chi connectivity index (χ0v) is 18.0. The lowest BCUT2D eigenvalue weighted by atomic mass is 9.53. The number of allylic oxidation sites excluding steroid dienone is 1. The minimum atomic E-state index is -1.71. The van der Waals surface area contributed by atoms with Crippen molar-refractivity contribution in [3.05, 3.63) is 76.4 Å². The predicted molar refractivity (Wildman–Crippen MR) is 119 cm³/mol. The molecule has 4 aliphatic carbocycles. The van der Waals surface area contributed by atoms with Gasteiger partial charge in [0.25, 0.3) is 0 Å². The summed E-state index contributed by atoms with van der Waals surface area (Å²) in [5.74, 6) is -0.294. The second kappa shape index (κ2) is 8.19. The van der Waals surface area contributed by atoms with E-state index in [0.717, 1.165) is 40.4 Å². The first-order valence-electron chi connectivity index (χ1n) is 11.2. The molecule has 166 valence electrons. The van der Waals surface area contributed by atoms with Gasteiger partial charge in [-0.15, -0.1) is 0 Å². The molecule has 0 amide bonds. The van der Waals surface area contributed by atoms with E-state index in [2.05, 4.69) is 0 Å².